The van der Waals surface area contributed by atoms with Gasteiger partial charge in [0.25, 0.3) is 0 Å². The second kappa shape index (κ2) is 4.00. The third kappa shape index (κ3) is 2.25. The van der Waals surface area contributed by atoms with Crippen LogP contribution in [0.1, 0.15) is 56.6 Å². The van der Waals surface area contributed by atoms with Crippen molar-refractivity contribution < 1.29 is 0 Å². The van der Waals surface area contributed by atoms with Crippen molar-refractivity contribution in [3.8, 4) is 0 Å². The molecule has 1 aliphatic carbocycles. The van der Waals surface area contributed by atoms with Gasteiger partial charge in [-0.3, -0.25) is 0 Å². The van der Waals surface area contributed by atoms with Crippen LogP contribution >= 0.6 is 0 Å². The summed E-state index contributed by atoms with van der Waals surface area (Å²) in [4.78, 5) is 0. The Hall–Kier alpha value is -0.780. The van der Waals surface area contributed by atoms with E-state index < -0.39 is 0 Å². The summed E-state index contributed by atoms with van der Waals surface area (Å²) in [6.45, 7) is 7.02. The molecular formula is C15H22. The van der Waals surface area contributed by atoms with Crippen molar-refractivity contribution in [1.82, 2.24) is 0 Å². The predicted octanol–water partition coefficient (Wildman–Crippen LogP) is 4.68. The quantitative estimate of drug-likeness (QED) is 0.620. The van der Waals surface area contributed by atoms with Gasteiger partial charge in [0.1, 0.15) is 0 Å². The normalized spacial score (nSPS) is 25.1. The second-order valence-corrected chi connectivity index (χ2v) is 5.70. The van der Waals surface area contributed by atoms with Crippen molar-refractivity contribution in [3.63, 3.8) is 0 Å². The van der Waals surface area contributed by atoms with Gasteiger partial charge in [-0.2, -0.15) is 0 Å². The third-order valence-electron chi connectivity index (χ3n) is 3.99. The van der Waals surface area contributed by atoms with Gasteiger partial charge in [0.15, 0.2) is 0 Å². The highest BCUT2D eigenvalue weighted by Gasteiger charge is 2.32. The summed E-state index contributed by atoms with van der Waals surface area (Å²) in [5.74, 6) is 0.770. The topological polar surface area (TPSA) is 0 Å². The van der Waals surface area contributed by atoms with Crippen LogP contribution in [-0.4, -0.2) is 0 Å². The summed E-state index contributed by atoms with van der Waals surface area (Å²) in [5, 5.41) is 0. The molecule has 0 aromatic heterocycles. The van der Waals surface area contributed by atoms with Crippen LogP contribution in [0.2, 0.25) is 0 Å². The highest BCUT2D eigenvalue weighted by atomic mass is 14.4. The molecule has 1 aromatic rings. The Bertz CT molecular complexity index is 318. The van der Waals surface area contributed by atoms with Crippen molar-refractivity contribution in [2.24, 2.45) is 5.41 Å². The van der Waals surface area contributed by atoms with Gasteiger partial charge in [0.05, 0.1) is 0 Å². The van der Waals surface area contributed by atoms with E-state index in [0.29, 0.717) is 5.41 Å². The zero-order chi connectivity index (χ0) is 10.9. The molecule has 0 N–H and O–H groups in total. The lowest BCUT2D eigenvalue weighted by molar-refractivity contribution is 0.199. The van der Waals surface area contributed by atoms with E-state index in [-0.39, 0.29) is 0 Å². The molecule has 82 valence electrons. The second-order valence-electron chi connectivity index (χ2n) is 5.70. The molecular weight excluding hydrogens is 180 g/mol. The molecule has 0 saturated heterocycles. The maximum Gasteiger partial charge on any atom is -0.0111 e. The van der Waals surface area contributed by atoms with E-state index >= 15 is 0 Å². The summed E-state index contributed by atoms with van der Waals surface area (Å²) < 4.78 is 0. The maximum atomic E-state index is 2.43. The summed E-state index contributed by atoms with van der Waals surface area (Å²) >= 11 is 0. The zero-order valence-corrected chi connectivity index (χ0v) is 10.2. The first kappa shape index (κ1) is 10.7. The zero-order valence-electron chi connectivity index (χ0n) is 10.2. The number of hydrogen-bond acceptors (Lipinski definition) is 0. The number of aryl methyl sites for hydroxylation is 1. The van der Waals surface area contributed by atoms with E-state index in [9.17, 15) is 0 Å². The molecule has 1 unspecified atom stereocenters. The highest BCUT2D eigenvalue weighted by molar-refractivity contribution is 5.26. The minimum atomic E-state index is 0.494. The van der Waals surface area contributed by atoms with Crippen molar-refractivity contribution in [3.05, 3.63) is 35.4 Å². The number of rotatable bonds is 1. The summed E-state index contributed by atoms with van der Waals surface area (Å²) in [6, 6.07) is 9.15. The van der Waals surface area contributed by atoms with E-state index in [1.54, 1.807) is 5.56 Å². The van der Waals surface area contributed by atoms with Crippen LogP contribution in [0.5, 0.6) is 0 Å². The first-order chi connectivity index (χ1) is 7.09. The first-order valence-electron chi connectivity index (χ1n) is 6.16. The molecule has 0 radical (unpaired) electrons. The standard InChI is InChI=1S/C15H22/c1-12-7-9-13(10-8-12)14-6-4-5-11-15(14,2)3/h7-10,14H,4-6,11H2,1-3H3. The fourth-order valence-electron chi connectivity index (χ4n) is 2.91. The van der Waals surface area contributed by atoms with Gasteiger partial charge in [0.2, 0.25) is 0 Å². The Morgan fingerprint density at radius 2 is 1.73 bits per heavy atom. The molecule has 0 heterocycles. The van der Waals surface area contributed by atoms with Crippen LogP contribution in [0.3, 0.4) is 0 Å². The molecule has 0 heteroatoms. The van der Waals surface area contributed by atoms with Crippen LogP contribution < -0.4 is 0 Å². The van der Waals surface area contributed by atoms with Crippen LogP contribution in [-0.2, 0) is 0 Å². The Morgan fingerprint density at radius 1 is 1.07 bits per heavy atom. The van der Waals surface area contributed by atoms with Crippen molar-refractivity contribution in [1.29, 1.82) is 0 Å². The predicted molar refractivity (Wildman–Crippen MR) is 66.2 cm³/mol. The summed E-state index contributed by atoms with van der Waals surface area (Å²) in [6.07, 6.45) is 5.57. The molecule has 1 fully saturated rings. The Balaban J connectivity index is 2.25. The molecule has 1 saturated carbocycles. The Morgan fingerprint density at radius 3 is 2.33 bits per heavy atom. The van der Waals surface area contributed by atoms with E-state index in [4.69, 9.17) is 0 Å². The van der Waals surface area contributed by atoms with Gasteiger partial charge < -0.3 is 0 Å². The molecule has 1 aliphatic rings. The lowest BCUT2D eigenvalue weighted by Crippen LogP contribution is -2.25. The molecule has 1 atom stereocenters. The van der Waals surface area contributed by atoms with E-state index in [1.165, 1.54) is 31.2 Å². The molecule has 2 rings (SSSR count). The first-order valence-corrected chi connectivity index (χ1v) is 6.16. The van der Waals surface area contributed by atoms with E-state index in [0.717, 1.165) is 5.92 Å². The van der Waals surface area contributed by atoms with Gasteiger partial charge in [-0.1, -0.05) is 56.5 Å². The van der Waals surface area contributed by atoms with Crippen molar-refractivity contribution >= 4 is 0 Å². The highest BCUT2D eigenvalue weighted by Crippen LogP contribution is 2.46. The molecule has 1 aromatic carbocycles. The average Bonchev–Trinajstić information content (AvgIpc) is 2.19. The molecule has 0 amide bonds. The van der Waals surface area contributed by atoms with Gasteiger partial charge in [-0.15, -0.1) is 0 Å². The van der Waals surface area contributed by atoms with Gasteiger partial charge in [-0.05, 0) is 36.7 Å². The molecule has 0 bridgehead atoms. The van der Waals surface area contributed by atoms with Crippen LogP contribution in [0.25, 0.3) is 0 Å². The van der Waals surface area contributed by atoms with Crippen LogP contribution in [0, 0.1) is 12.3 Å². The monoisotopic (exact) mass is 202 g/mol. The van der Waals surface area contributed by atoms with Crippen LogP contribution in [0.15, 0.2) is 24.3 Å². The lowest BCUT2D eigenvalue weighted by atomic mass is 9.66. The number of hydrogen-bond donors (Lipinski definition) is 0. The minimum Gasteiger partial charge on any atom is -0.0593 e. The largest absolute Gasteiger partial charge is 0.0593 e. The van der Waals surface area contributed by atoms with Gasteiger partial charge in [0, 0.05) is 0 Å². The summed E-state index contributed by atoms with van der Waals surface area (Å²) in [5.41, 5.74) is 3.41. The van der Waals surface area contributed by atoms with E-state index in [2.05, 4.69) is 45.0 Å². The maximum absolute atomic E-state index is 2.43. The van der Waals surface area contributed by atoms with Crippen LogP contribution in [0.4, 0.5) is 0 Å². The van der Waals surface area contributed by atoms with E-state index in [1.807, 2.05) is 0 Å². The van der Waals surface area contributed by atoms with Gasteiger partial charge in [-0.25, -0.2) is 0 Å². The van der Waals surface area contributed by atoms with Crippen molar-refractivity contribution in [2.75, 3.05) is 0 Å². The fourth-order valence-corrected chi connectivity index (χ4v) is 2.91. The SMILES string of the molecule is Cc1ccc(C2CCCCC2(C)C)cc1. The lowest BCUT2D eigenvalue weighted by Gasteiger charge is -2.39. The van der Waals surface area contributed by atoms with Gasteiger partial charge >= 0.3 is 0 Å². The summed E-state index contributed by atoms with van der Waals surface area (Å²) in [7, 11) is 0. The van der Waals surface area contributed by atoms with Crippen molar-refractivity contribution in [2.45, 2.75) is 52.4 Å². The number of benzene rings is 1. The Kier molecular flexibility index (Phi) is 2.86. The minimum absolute atomic E-state index is 0.494. The fraction of sp³-hybridized carbons (Fsp3) is 0.600. The third-order valence-corrected chi connectivity index (χ3v) is 3.99. The molecule has 0 nitrogen and oxygen atoms in total. The smallest absolute Gasteiger partial charge is 0.0111 e. The average molecular weight is 202 g/mol. The Labute approximate surface area is 93.7 Å². The molecule has 0 aliphatic heterocycles. The molecule has 0 spiro atoms. The molecule has 15 heavy (non-hydrogen) atoms.